The molecule has 0 saturated heterocycles. The van der Waals surface area contributed by atoms with E-state index in [2.05, 4.69) is 172 Å². The first kappa shape index (κ1) is 81.9. The SMILES string of the molecule is CC/C=C\C/C=C\C/C=C\C/C=C\C/C=C\C/C=C\C/C=C\C/C=C\C/C=C\CCCCCCCC(=O)OC(COC(=O)CCCCCCCCCCCCCCCCCC/C=C\C/C=C\C/C=C\C/C=C\CC)COC(OCC[N+](C)(C)C)C(=O)[O-]. The predicted molar refractivity (Wildman–Crippen MR) is 370 cm³/mol. The van der Waals surface area contributed by atoms with Gasteiger partial charge in [0.2, 0.25) is 0 Å². The molecule has 0 N–H and O–H groups in total. The normalized spacial score (nSPS) is 13.7. The van der Waals surface area contributed by atoms with Crippen LogP contribution in [-0.2, 0) is 33.3 Å². The first-order valence-electron chi connectivity index (χ1n) is 34.6. The number of hydrogen-bond acceptors (Lipinski definition) is 8. The Balaban J connectivity index is 4.22. The summed E-state index contributed by atoms with van der Waals surface area (Å²) in [5, 5.41) is 11.8. The van der Waals surface area contributed by atoms with Crippen LogP contribution in [0, 0.1) is 0 Å². The number of nitrogens with zero attached hydrogens (tertiary/aromatic N) is 1. The van der Waals surface area contributed by atoms with E-state index in [1.54, 1.807) is 0 Å². The molecule has 87 heavy (non-hydrogen) atoms. The number of likely N-dealkylation sites (N-methyl/N-ethyl adjacent to an activating group) is 1. The summed E-state index contributed by atoms with van der Waals surface area (Å²) >= 11 is 0. The summed E-state index contributed by atoms with van der Waals surface area (Å²) in [5.41, 5.74) is 0. The number of quaternary nitrogens is 1. The van der Waals surface area contributed by atoms with Gasteiger partial charge in [0.05, 0.1) is 40.3 Å². The summed E-state index contributed by atoms with van der Waals surface area (Å²) in [6, 6.07) is 0. The molecule has 2 unspecified atom stereocenters. The third kappa shape index (κ3) is 68.3. The minimum atomic E-state index is -1.64. The Morgan fingerprint density at radius 3 is 0.920 bits per heavy atom. The van der Waals surface area contributed by atoms with Crippen molar-refractivity contribution in [2.75, 3.05) is 47.5 Å². The van der Waals surface area contributed by atoms with Crippen LogP contribution in [0.3, 0.4) is 0 Å². The molecular weight excluding hydrogens is 1080 g/mol. The number of carboxylic acid groups (broad SMARTS) is 1. The molecule has 0 amide bonds. The van der Waals surface area contributed by atoms with Gasteiger partial charge in [0.1, 0.15) is 13.2 Å². The van der Waals surface area contributed by atoms with E-state index in [0.29, 0.717) is 17.4 Å². The van der Waals surface area contributed by atoms with Crippen LogP contribution in [0.5, 0.6) is 0 Å². The van der Waals surface area contributed by atoms with Crippen LogP contribution in [0.1, 0.15) is 258 Å². The van der Waals surface area contributed by atoms with E-state index >= 15 is 0 Å². The van der Waals surface area contributed by atoms with Gasteiger partial charge in [-0.1, -0.05) is 281 Å². The lowest BCUT2D eigenvalue weighted by molar-refractivity contribution is -0.870. The van der Waals surface area contributed by atoms with Gasteiger partial charge >= 0.3 is 11.9 Å². The van der Waals surface area contributed by atoms with Crippen molar-refractivity contribution < 1.29 is 42.9 Å². The van der Waals surface area contributed by atoms with Crippen molar-refractivity contribution >= 4 is 17.9 Å². The van der Waals surface area contributed by atoms with Gasteiger partial charge in [-0.25, -0.2) is 0 Å². The molecule has 0 rings (SSSR count). The summed E-state index contributed by atoms with van der Waals surface area (Å²) < 4.78 is 22.8. The number of allylic oxidation sites excluding steroid dienone is 26. The molecule has 0 aliphatic rings. The average Bonchev–Trinajstić information content (AvgIpc) is 3.59. The molecule has 0 saturated carbocycles. The van der Waals surface area contributed by atoms with E-state index in [-0.39, 0.29) is 38.6 Å². The summed E-state index contributed by atoms with van der Waals surface area (Å²) in [6.45, 7) is 4.49. The molecular formula is C78H127NO8. The van der Waals surface area contributed by atoms with E-state index in [0.717, 1.165) is 135 Å². The molecule has 0 aliphatic carbocycles. The maximum atomic E-state index is 12.9. The minimum Gasteiger partial charge on any atom is -0.545 e. The molecule has 0 aromatic carbocycles. The van der Waals surface area contributed by atoms with E-state index in [1.807, 2.05) is 21.1 Å². The Labute approximate surface area is 534 Å². The fourth-order valence-corrected chi connectivity index (χ4v) is 9.05. The van der Waals surface area contributed by atoms with Crippen molar-refractivity contribution in [1.29, 1.82) is 0 Å². The molecule has 9 nitrogen and oxygen atoms in total. The van der Waals surface area contributed by atoms with Gasteiger partial charge < -0.3 is 33.3 Å². The second-order valence-corrected chi connectivity index (χ2v) is 23.7. The number of carboxylic acids is 1. The third-order valence-corrected chi connectivity index (χ3v) is 14.3. The number of esters is 2. The van der Waals surface area contributed by atoms with Crippen LogP contribution in [0.4, 0.5) is 0 Å². The molecule has 9 heteroatoms. The number of carbonyl (C=O) groups excluding carboxylic acids is 3. The summed E-state index contributed by atoms with van der Waals surface area (Å²) in [7, 11) is 5.91. The van der Waals surface area contributed by atoms with Crippen LogP contribution in [0.25, 0.3) is 0 Å². The molecule has 0 heterocycles. The third-order valence-electron chi connectivity index (χ3n) is 14.3. The molecule has 2 atom stereocenters. The Morgan fingerprint density at radius 1 is 0.345 bits per heavy atom. The maximum Gasteiger partial charge on any atom is 0.306 e. The van der Waals surface area contributed by atoms with Crippen LogP contribution >= 0.6 is 0 Å². The highest BCUT2D eigenvalue weighted by Crippen LogP contribution is 2.16. The molecule has 0 aromatic heterocycles. The molecule has 0 aliphatic heterocycles. The largest absolute Gasteiger partial charge is 0.545 e. The number of unbranched alkanes of at least 4 members (excludes halogenated alkanes) is 21. The topological polar surface area (TPSA) is 111 Å². The van der Waals surface area contributed by atoms with Crippen molar-refractivity contribution in [3.8, 4) is 0 Å². The van der Waals surface area contributed by atoms with E-state index in [4.69, 9.17) is 18.9 Å². The number of hydrogen-bond donors (Lipinski definition) is 0. The maximum absolute atomic E-state index is 12.9. The van der Waals surface area contributed by atoms with E-state index in [1.165, 1.54) is 89.9 Å². The standard InChI is InChI=1S/C78H127NO8/c1-6-8-10-12-14-16-18-20-22-24-26-28-30-32-34-36-37-38-39-41-43-45-47-49-51-53-55-57-59-61-63-65-67-69-76(81)87-74(73-86-78(77(82)83)84-71-70-79(3,4)5)72-85-75(80)68-66-64-62-60-58-56-54-52-50-48-46-44-42-40-35-33-31-29-27-25-23-21-19-17-15-13-11-9-7-2/h8-11,14-17,20-23,26-29,32,34,37-38,41,43,47,49,53,55,74,78H,6-7,12-13,18-19,24-25,30-31,33,35-36,39-40,42,44-46,48,50-52,54,56-73H2,1-5H3/b10-8-,11-9-,16-14-,17-15-,22-20-,23-21-,28-26-,29-27-,34-32-,38-37-,43-41-,49-47-,55-53-. The second kappa shape index (κ2) is 66.9. The lowest BCUT2D eigenvalue weighted by Gasteiger charge is -2.26. The molecule has 492 valence electrons. The van der Waals surface area contributed by atoms with Crippen molar-refractivity contribution in [3.05, 3.63) is 158 Å². The van der Waals surface area contributed by atoms with Gasteiger partial charge in [-0.3, -0.25) is 9.59 Å². The Hall–Kier alpha value is -5.09. The quantitative estimate of drug-likeness (QED) is 0.0195. The first-order chi connectivity index (χ1) is 42.6. The summed E-state index contributed by atoms with van der Waals surface area (Å²) in [6.07, 6.45) is 96.0. The monoisotopic (exact) mass is 1210 g/mol. The molecule has 0 bridgehead atoms. The predicted octanol–water partition coefficient (Wildman–Crippen LogP) is 20.4. The summed E-state index contributed by atoms with van der Waals surface area (Å²) in [5.74, 6) is -2.32. The zero-order chi connectivity index (χ0) is 63.3. The van der Waals surface area contributed by atoms with Crippen LogP contribution in [0.2, 0.25) is 0 Å². The molecule has 0 fully saturated rings. The van der Waals surface area contributed by atoms with E-state index < -0.39 is 24.3 Å². The second-order valence-electron chi connectivity index (χ2n) is 23.7. The van der Waals surface area contributed by atoms with Gasteiger partial charge in [-0.05, 0) is 122 Å². The lowest BCUT2D eigenvalue weighted by Crippen LogP contribution is -2.44. The van der Waals surface area contributed by atoms with Crippen molar-refractivity contribution in [2.45, 2.75) is 270 Å². The fourth-order valence-electron chi connectivity index (χ4n) is 9.05. The zero-order valence-corrected chi connectivity index (χ0v) is 56.1. The first-order valence-corrected chi connectivity index (χ1v) is 34.6. The average molecular weight is 1210 g/mol. The summed E-state index contributed by atoms with van der Waals surface area (Å²) in [4.78, 5) is 37.5. The fraction of sp³-hybridized carbons (Fsp3) is 0.628. The van der Waals surface area contributed by atoms with Gasteiger partial charge in [0.25, 0.3) is 0 Å². The Bertz CT molecular complexity index is 1990. The molecule has 0 radical (unpaired) electrons. The number of carbonyl (C=O) groups is 3. The molecule has 0 aromatic rings. The highest BCUT2D eigenvalue weighted by Gasteiger charge is 2.22. The van der Waals surface area contributed by atoms with Gasteiger partial charge in [-0.2, -0.15) is 0 Å². The van der Waals surface area contributed by atoms with Crippen LogP contribution in [-0.4, -0.2) is 82.3 Å². The molecule has 0 spiro atoms. The van der Waals surface area contributed by atoms with Crippen molar-refractivity contribution in [3.63, 3.8) is 0 Å². The number of aliphatic carboxylic acids is 1. The van der Waals surface area contributed by atoms with Crippen LogP contribution < -0.4 is 5.11 Å². The van der Waals surface area contributed by atoms with Crippen molar-refractivity contribution in [1.82, 2.24) is 0 Å². The Morgan fingerprint density at radius 2 is 0.621 bits per heavy atom. The van der Waals surface area contributed by atoms with Gasteiger partial charge in [0, 0.05) is 12.8 Å². The highest BCUT2D eigenvalue weighted by atomic mass is 16.7. The van der Waals surface area contributed by atoms with Crippen molar-refractivity contribution in [2.24, 2.45) is 0 Å². The highest BCUT2D eigenvalue weighted by molar-refractivity contribution is 5.70. The Kier molecular flexibility index (Phi) is 62.9. The zero-order valence-electron chi connectivity index (χ0n) is 56.1. The van der Waals surface area contributed by atoms with Gasteiger partial charge in [-0.15, -0.1) is 0 Å². The van der Waals surface area contributed by atoms with Gasteiger partial charge in [0.15, 0.2) is 12.4 Å². The lowest BCUT2D eigenvalue weighted by atomic mass is 10.0. The number of ether oxygens (including phenoxy) is 4. The van der Waals surface area contributed by atoms with E-state index in [9.17, 15) is 19.5 Å². The van der Waals surface area contributed by atoms with Crippen LogP contribution in [0.15, 0.2) is 158 Å². The minimum absolute atomic E-state index is 0.136. The number of rotatable bonds is 62. The smallest absolute Gasteiger partial charge is 0.306 e.